The molecule has 3 aromatic rings. The molecule has 6 nitrogen and oxygen atoms in total. The number of carbonyl (C=O) groups is 2. The summed E-state index contributed by atoms with van der Waals surface area (Å²) in [5.74, 6) is -0.661. The van der Waals surface area contributed by atoms with Crippen LogP contribution in [-0.2, 0) is 16.1 Å². The van der Waals surface area contributed by atoms with Gasteiger partial charge in [-0.05, 0) is 53.9 Å². The van der Waals surface area contributed by atoms with E-state index < -0.39 is 17.6 Å². The van der Waals surface area contributed by atoms with E-state index in [0.29, 0.717) is 23.6 Å². The Morgan fingerprint density at radius 2 is 1.75 bits per heavy atom. The van der Waals surface area contributed by atoms with Crippen molar-refractivity contribution in [1.29, 1.82) is 0 Å². The lowest BCUT2D eigenvalue weighted by Gasteiger charge is -2.15. The van der Waals surface area contributed by atoms with E-state index in [1.54, 1.807) is 42.7 Å². The molecule has 0 bridgehead atoms. The Morgan fingerprint density at radius 1 is 1.00 bits per heavy atom. The summed E-state index contributed by atoms with van der Waals surface area (Å²) < 4.78 is 19.2. The maximum absolute atomic E-state index is 13.5. The van der Waals surface area contributed by atoms with Crippen LogP contribution in [0.4, 0.5) is 10.1 Å². The molecular weight excluding hydrogens is 409 g/mol. The van der Waals surface area contributed by atoms with Crippen LogP contribution in [0.3, 0.4) is 0 Å². The van der Waals surface area contributed by atoms with E-state index in [0.717, 1.165) is 12.0 Å². The summed E-state index contributed by atoms with van der Waals surface area (Å²) in [6, 6.07) is 16.2. The highest BCUT2D eigenvalue weighted by Crippen LogP contribution is 2.32. The van der Waals surface area contributed by atoms with Gasteiger partial charge in [0.05, 0.1) is 18.7 Å². The maximum atomic E-state index is 13.5. The van der Waals surface area contributed by atoms with Crippen molar-refractivity contribution >= 4 is 23.1 Å². The summed E-state index contributed by atoms with van der Waals surface area (Å²) in [6.07, 6.45) is 4.08. The molecule has 2 heterocycles. The maximum Gasteiger partial charge on any atom is 0.278 e. The third-order valence-electron chi connectivity index (χ3n) is 4.97. The van der Waals surface area contributed by atoms with Crippen LogP contribution in [0, 0.1) is 5.82 Å². The zero-order valence-electron chi connectivity index (χ0n) is 17.5. The summed E-state index contributed by atoms with van der Waals surface area (Å²) in [5, 5.41) is 3.10. The molecular formula is C25H22FN3O3. The van der Waals surface area contributed by atoms with Gasteiger partial charge < -0.3 is 10.1 Å². The van der Waals surface area contributed by atoms with Crippen molar-refractivity contribution in [2.24, 2.45) is 0 Å². The molecule has 0 atom stereocenters. The van der Waals surface area contributed by atoms with Gasteiger partial charge in [-0.25, -0.2) is 4.39 Å². The van der Waals surface area contributed by atoms with Crippen molar-refractivity contribution in [2.45, 2.75) is 19.9 Å². The first-order chi connectivity index (χ1) is 15.6. The number of hydrogen-bond donors (Lipinski definition) is 1. The summed E-state index contributed by atoms with van der Waals surface area (Å²) in [7, 11) is 0. The van der Waals surface area contributed by atoms with E-state index in [9.17, 15) is 14.0 Å². The number of aromatic nitrogens is 1. The van der Waals surface area contributed by atoms with E-state index in [1.165, 1.54) is 29.2 Å². The second-order valence-corrected chi connectivity index (χ2v) is 7.31. The molecule has 0 unspecified atom stereocenters. The van der Waals surface area contributed by atoms with Gasteiger partial charge in [-0.3, -0.25) is 19.5 Å². The highest BCUT2D eigenvalue weighted by Gasteiger charge is 2.39. The molecule has 1 aliphatic rings. The van der Waals surface area contributed by atoms with Crippen LogP contribution in [0.15, 0.2) is 78.8 Å². The van der Waals surface area contributed by atoms with Gasteiger partial charge in [-0.2, -0.15) is 0 Å². The minimum absolute atomic E-state index is 0.107. The zero-order chi connectivity index (χ0) is 22.5. The zero-order valence-corrected chi connectivity index (χ0v) is 17.5. The lowest BCUT2D eigenvalue weighted by atomic mass is 10.0. The molecule has 162 valence electrons. The van der Waals surface area contributed by atoms with Gasteiger partial charge in [0, 0.05) is 24.1 Å². The number of pyridine rings is 1. The van der Waals surface area contributed by atoms with Gasteiger partial charge in [0.25, 0.3) is 11.8 Å². The van der Waals surface area contributed by atoms with Crippen LogP contribution in [0.1, 0.15) is 24.5 Å². The average molecular weight is 431 g/mol. The van der Waals surface area contributed by atoms with Crippen molar-refractivity contribution in [3.63, 3.8) is 0 Å². The highest BCUT2D eigenvalue weighted by atomic mass is 19.1. The molecule has 2 aromatic carbocycles. The van der Waals surface area contributed by atoms with Gasteiger partial charge in [-0.1, -0.05) is 25.1 Å². The van der Waals surface area contributed by atoms with Crippen LogP contribution in [-0.4, -0.2) is 28.3 Å². The Bertz CT molecular complexity index is 1160. The molecule has 0 saturated heterocycles. The fraction of sp³-hybridized carbons (Fsp3) is 0.160. The Hall–Kier alpha value is -4.00. The summed E-state index contributed by atoms with van der Waals surface area (Å²) in [6.45, 7) is 2.70. The highest BCUT2D eigenvalue weighted by molar-refractivity contribution is 6.36. The Balaban J connectivity index is 1.70. The summed E-state index contributed by atoms with van der Waals surface area (Å²) in [4.78, 5) is 31.7. The monoisotopic (exact) mass is 431 g/mol. The van der Waals surface area contributed by atoms with Gasteiger partial charge >= 0.3 is 0 Å². The number of hydrogen-bond acceptors (Lipinski definition) is 5. The molecule has 4 rings (SSSR count). The lowest BCUT2D eigenvalue weighted by Crippen LogP contribution is -2.32. The average Bonchev–Trinajstić information content (AvgIpc) is 3.03. The molecule has 7 heteroatoms. The van der Waals surface area contributed by atoms with Crippen LogP contribution in [0.2, 0.25) is 0 Å². The lowest BCUT2D eigenvalue weighted by molar-refractivity contribution is -0.137. The third kappa shape index (κ3) is 4.51. The first-order valence-corrected chi connectivity index (χ1v) is 10.3. The number of imide groups is 1. The smallest absolute Gasteiger partial charge is 0.278 e. The molecule has 1 aliphatic heterocycles. The minimum atomic E-state index is -0.453. The molecule has 1 aromatic heterocycles. The first kappa shape index (κ1) is 21.2. The number of halogens is 1. The third-order valence-corrected chi connectivity index (χ3v) is 4.97. The number of anilines is 1. The number of amides is 2. The Kier molecular flexibility index (Phi) is 6.26. The van der Waals surface area contributed by atoms with Crippen LogP contribution in [0.5, 0.6) is 5.75 Å². The molecule has 0 aliphatic carbocycles. The summed E-state index contributed by atoms with van der Waals surface area (Å²) >= 11 is 0. The molecule has 2 amide bonds. The fourth-order valence-electron chi connectivity index (χ4n) is 3.42. The minimum Gasteiger partial charge on any atom is -0.494 e. The number of benzene rings is 2. The van der Waals surface area contributed by atoms with Crippen LogP contribution in [0.25, 0.3) is 5.57 Å². The SMILES string of the molecule is CCCOc1cccc(NC2=C(c3ccc(F)cc3)C(=O)N(Cc3ccncc3)C2=O)c1. The Labute approximate surface area is 185 Å². The summed E-state index contributed by atoms with van der Waals surface area (Å²) in [5.41, 5.74) is 2.19. The standard InChI is InChI=1S/C25H22FN3O3/c1-2-14-32-21-5-3-4-20(15-21)28-23-22(18-6-8-19(26)9-7-18)24(30)29(25(23)31)16-17-10-12-27-13-11-17/h3-13,15,28H,2,14,16H2,1H3. The van der Waals surface area contributed by atoms with Crippen LogP contribution >= 0.6 is 0 Å². The molecule has 0 spiro atoms. The van der Waals surface area contributed by atoms with E-state index in [4.69, 9.17) is 4.74 Å². The van der Waals surface area contributed by atoms with Gasteiger partial charge in [-0.15, -0.1) is 0 Å². The fourth-order valence-corrected chi connectivity index (χ4v) is 3.42. The first-order valence-electron chi connectivity index (χ1n) is 10.3. The van der Waals surface area contributed by atoms with E-state index in [-0.39, 0.29) is 17.8 Å². The predicted octanol–water partition coefficient (Wildman–Crippen LogP) is 4.40. The van der Waals surface area contributed by atoms with Crippen molar-refractivity contribution in [2.75, 3.05) is 11.9 Å². The van der Waals surface area contributed by atoms with E-state index in [1.807, 2.05) is 13.0 Å². The Morgan fingerprint density at radius 3 is 2.47 bits per heavy atom. The number of rotatable bonds is 8. The van der Waals surface area contributed by atoms with Crippen molar-refractivity contribution in [1.82, 2.24) is 9.88 Å². The quantitative estimate of drug-likeness (QED) is 0.535. The molecule has 0 saturated carbocycles. The topological polar surface area (TPSA) is 71.5 Å². The second-order valence-electron chi connectivity index (χ2n) is 7.31. The molecule has 0 radical (unpaired) electrons. The normalized spacial score (nSPS) is 13.6. The predicted molar refractivity (Wildman–Crippen MR) is 119 cm³/mol. The molecule has 32 heavy (non-hydrogen) atoms. The van der Waals surface area contributed by atoms with Gasteiger partial charge in [0.2, 0.25) is 0 Å². The molecule has 0 fully saturated rings. The second kappa shape index (κ2) is 9.43. The van der Waals surface area contributed by atoms with Gasteiger partial charge in [0.15, 0.2) is 0 Å². The van der Waals surface area contributed by atoms with Crippen LogP contribution < -0.4 is 10.1 Å². The van der Waals surface area contributed by atoms with E-state index in [2.05, 4.69) is 10.3 Å². The number of ether oxygens (including phenoxy) is 1. The number of carbonyl (C=O) groups excluding carboxylic acids is 2. The largest absolute Gasteiger partial charge is 0.494 e. The van der Waals surface area contributed by atoms with Crippen molar-refractivity contribution in [3.05, 3.63) is 95.7 Å². The van der Waals surface area contributed by atoms with Crippen molar-refractivity contribution < 1.29 is 18.7 Å². The van der Waals surface area contributed by atoms with Crippen molar-refractivity contribution in [3.8, 4) is 5.75 Å². The van der Waals surface area contributed by atoms with E-state index >= 15 is 0 Å². The number of nitrogens with one attached hydrogen (secondary N) is 1. The van der Waals surface area contributed by atoms with Gasteiger partial charge in [0.1, 0.15) is 17.3 Å². The number of nitrogens with zero attached hydrogens (tertiary/aromatic N) is 2. The molecule has 1 N–H and O–H groups in total.